The van der Waals surface area contributed by atoms with Crippen LogP contribution in [0.2, 0.25) is 0 Å². The average molecular weight is 410 g/mol. The SMILES string of the molecule is COc1ccc2c(=O)c3c(oc2c1)C(=O)N(CCCN(C)C)[C@H]3c1ccc(F)cc1. The lowest BCUT2D eigenvalue weighted by Crippen LogP contribution is -2.32. The molecule has 0 unspecified atom stereocenters. The maximum atomic E-state index is 13.5. The summed E-state index contributed by atoms with van der Waals surface area (Å²) < 4.78 is 24.6. The second-order valence-corrected chi connectivity index (χ2v) is 7.65. The molecule has 156 valence electrons. The first-order chi connectivity index (χ1) is 14.4. The summed E-state index contributed by atoms with van der Waals surface area (Å²) in [4.78, 5) is 30.3. The third-order valence-corrected chi connectivity index (χ3v) is 5.36. The summed E-state index contributed by atoms with van der Waals surface area (Å²) in [6.07, 6.45) is 0.728. The predicted octanol–water partition coefficient (Wildman–Crippen LogP) is 3.44. The van der Waals surface area contributed by atoms with Crippen LogP contribution in [0.3, 0.4) is 0 Å². The first-order valence-electron chi connectivity index (χ1n) is 9.76. The Balaban J connectivity index is 1.87. The number of carbonyl (C=O) groups excluding carboxylic acids is 1. The topological polar surface area (TPSA) is 63.0 Å². The van der Waals surface area contributed by atoms with E-state index in [9.17, 15) is 14.0 Å². The van der Waals surface area contributed by atoms with Gasteiger partial charge in [-0.1, -0.05) is 12.1 Å². The van der Waals surface area contributed by atoms with E-state index in [4.69, 9.17) is 9.15 Å². The molecule has 1 atom stereocenters. The van der Waals surface area contributed by atoms with Gasteiger partial charge in [0.25, 0.3) is 5.91 Å². The molecule has 0 bridgehead atoms. The number of fused-ring (bicyclic) bond motifs is 2. The first-order valence-corrected chi connectivity index (χ1v) is 9.76. The number of ether oxygens (including phenoxy) is 1. The molecule has 1 aliphatic heterocycles. The Morgan fingerprint density at radius 2 is 1.87 bits per heavy atom. The van der Waals surface area contributed by atoms with Crippen LogP contribution in [0, 0.1) is 5.82 Å². The molecule has 1 aliphatic rings. The third-order valence-electron chi connectivity index (χ3n) is 5.36. The van der Waals surface area contributed by atoms with Gasteiger partial charge in [-0.3, -0.25) is 9.59 Å². The van der Waals surface area contributed by atoms with Gasteiger partial charge < -0.3 is 19.0 Å². The van der Waals surface area contributed by atoms with Gasteiger partial charge in [0.15, 0.2) is 5.43 Å². The van der Waals surface area contributed by atoms with Crippen molar-refractivity contribution in [3.05, 3.63) is 75.4 Å². The zero-order chi connectivity index (χ0) is 21.4. The Labute approximate surface area is 173 Å². The van der Waals surface area contributed by atoms with Crippen LogP contribution in [0.15, 0.2) is 51.7 Å². The molecule has 2 aromatic carbocycles. The summed E-state index contributed by atoms with van der Waals surface area (Å²) in [7, 11) is 5.45. The molecule has 1 aromatic heterocycles. The molecule has 6 nitrogen and oxygen atoms in total. The van der Waals surface area contributed by atoms with Crippen molar-refractivity contribution in [1.82, 2.24) is 9.80 Å². The molecule has 0 fully saturated rings. The maximum absolute atomic E-state index is 13.5. The van der Waals surface area contributed by atoms with Crippen molar-refractivity contribution in [3.63, 3.8) is 0 Å². The number of benzene rings is 2. The number of halogens is 1. The lowest BCUT2D eigenvalue weighted by molar-refractivity contribution is 0.0722. The largest absolute Gasteiger partial charge is 0.497 e. The zero-order valence-electron chi connectivity index (χ0n) is 17.1. The van der Waals surface area contributed by atoms with Crippen molar-refractivity contribution in [1.29, 1.82) is 0 Å². The molecule has 0 spiro atoms. The van der Waals surface area contributed by atoms with Crippen molar-refractivity contribution in [2.75, 3.05) is 34.3 Å². The fourth-order valence-electron chi connectivity index (χ4n) is 3.91. The van der Waals surface area contributed by atoms with Crippen LogP contribution in [0.25, 0.3) is 11.0 Å². The highest BCUT2D eigenvalue weighted by Crippen LogP contribution is 2.38. The predicted molar refractivity (Wildman–Crippen MR) is 111 cm³/mol. The van der Waals surface area contributed by atoms with Gasteiger partial charge >= 0.3 is 0 Å². The van der Waals surface area contributed by atoms with E-state index in [-0.39, 0.29) is 22.9 Å². The maximum Gasteiger partial charge on any atom is 0.290 e. The molecule has 0 N–H and O–H groups in total. The number of amides is 1. The summed E-state index contributed by atoms with van der Waals surface area (Å²) in [5.74, 6) is -0.131. The molecule has 0 aliphatic carbocycles. The lowest BCUT2D eigenvalue weighted by atomic mass is 9.98. The number of hydrogen-bond acceptors (Lipinski definition) is 5. The number of nitrogens with zero attached hydrogens (tertiary/aromatic N) is 2. The summed E-state index contributed by atoms with van der Waals surface area (Å²) >= 11 is 0. The van der Waals surface area contributed by atoms with Crippen LogP contribution >= 0.6 is 0 Å². The van der Waals surface area contributed by atoms with Crippen LogP contribution in [-0.2, 0) is 0 Å². The smallest absolute Gasteiger partial charge is 0.290 e. The van der Waals surface area contributed by atoms with Crippen LogP contribution in [0.1, 0.15) is 34.1 Å². The van der Waals surface area contributed by atoms with Gasteiger partial charge in [0, 0.05) is 12.6 Å². The van der Waals surface area contributed by atoms with Gasteiger partial charge in [-0.05, 0) is 56.9 Å². The fourth-order valence-corrected chi connectivity index (χ4v) is 3.91. The van der Waals surface area contributed by atoms with Gasteiger partial charge in [-0.15, -0.1) is 0 Å². The Bertz CT molecular complexity index is 1150. The highest BCUT2D eigenvalue weighted by Gasteiger charge is 2.42. The molecule has 0 saturated carbocycles. The van der Waals surface area contributed by atoms with E-state index >= 15 is 0 Å². The highest BCUT2D eigenvalue weighted by atomic mass is 19.1. The minimum atomic E-state index is -0.613. The number of carbonyl (C=O) groups is 1. The van der Waals surface area contributed by atoms with E-state index in [1.165, 1.54) is 19.2 Å². The van der Waals surface area contributed by atoms with Crippen LogP contribution < -0.4 is 10.2 Å². The van der Waals surface area contributed by atoms with E-state index in [2.05, 4.69) is 0 Å². The molecule has 1 amide bonds. The molecule has 3 aromatic rings. The Hall–Kier alpha value is -3.19. The van der Waals surface area contributed by atoms with Crippen LogP contribution in [0.4, 0.5) is 4.39 Å². The second kappa shape index (κ2) is 7.91. The average Bonchev–Trinajstić information content (AvgIpc) is 3.00. The quantitative estimate of drug-likeness (QED) is 0.623. The Kier molecular flexibility index (Phi) is 5.30. The Morgan fingerprint density at radius 3 is 2.53 bits per heavy atom. The summed E-state index contributed by atoms with van der Waals surface area (Å²) in [5, 5.41) is 0.379. The summed E-state index contributed by atoms with van der Waals surface area (Å²) in [6.45, 7) is 1.24. The van der Waals surface area contributed by atoms with Crippen LogP contribution in [-0.4, -0.2) is 50.0 Å². The van der Waals surface area contributed by atoms with Crippen molar-refractivity contribution >= 4 is 16.9 Å². The highest BCUT2D eigenvalue weighted by molar-refractivity contribution is 5.99. The third kappa shape index (κ3) is 3.45. The van der Waals surface area contributed by atoms with E-state index in [1.54, 1.807) is 35.2 Å². The number of methoxy groups -OCH3 is 1. The first kappa shape index (κ1) is 20.1. The lowest BCUT2D eigenvalue weighted by Gasteiger charge is -2.25. The molecule has 30 heavy (non-hydrogen) atoms. The molecular weight excluding hydrogens is 387 g/mol. The summed E-state index contributed by atoms with van der Waals surface area (Å²) in [5.41, 5.74) is 1.02. The van der Waals surface area contributed by atoms with Crippen molar-refractivity contribution in [2.45, 2.75) is 12.5 Å². The Morgan fingerprint density at radius 1 is 1.13 bits per heavy atom. The second-order valence-electron chi connectivity index (χ2n) is 7.65. The van der Waals surface area contributed by atoms with Crippen LogP contribution in [0.5, 0.6) is 5.75 Å². The molecule has 7 heteroatoms. The van der Waals surface area contributed by atoms with Gasteiger partial charge in [0.2, 0.25) is 5.76 Å². The molecular formula is C23H23FN2O4. The van der Waals surface area contributed by atoms with Crippen molar-refractivity contribution in [2.24, 2.45) is 0 Å². The van der Waals surface area contributed by atoms with E-state index in [0.29, 0.717) is 34.4 Å². The summed E-state index contributed by atoms with van der Waals surface area (Å²) in [6, 6.07) is 10.2. The van der Waals surface area contributed by atoms with Crippen molar-refractivity contribution < 1.29 is 18.3 Å². The monoisotopic (exact) mass is 410 g/mol. The molecule has 0 saturated heterocycles. The number of rotatable bonds is 6. The van der Waals surface area contributed by atoms with E-state index < -0.39 is 6.04 Å². The standard InChI is InChI=1S/C23H23FN2O4/c1-25(2)11-4-12-26-20(14-5-7-15(24)8-6-14)19-21(27)17-10-9-16(29-3)13-18(17)30-22(19)23(26)28/h5-10,13,20H,4,11-12H2,1-3H3/t20-/m0/s1. The minimum Gasteiger partial charge on any atom is -0.497 e. The molecule has 0 radical (unpaired) electrons. The minimum absolute atomic E-state index is 0.0416. The van der Waals surface area contributed by atoms with Crippen molar-refractivity contribution in [3.8, 4) is 5.75 Å². The molecule has 4 rings (SSSR count). The van der Waals surface area contributed by atoms with Gasteiger partial charge in [-0.25, -0.2) is 4.39 Å². The van der Waals surface area contributed by atoms with E-state index in [1.807, 2.05) is 19.0 Å². The normalized spacial score (nSPS) is 15.8. The number of hydrogen-bond donors (Lipinski definition) is 0. The van der Waals surface area contributed by atoms with Gasteiger partial charge in [-0.2, -0.15) is 0 Å². The van der Waals surface area contributed by atoms with Gasteiger partial charge in [0.05, 0.1) is 24.1 Å². The zero-order valence-corrected chi connectivity index (χ0v) is 17.1. The van der Waals surface area contributed by atoms with Gasteiger partial charge in [0.1, 0.15) is 17.1 Å². The van der Waals surface area contributed by atoms with E-state index in [0.717, 1.165) is 13.0 Å². The fraction of sp³-hybridized carbons (Fsp3) is 0.304. The molecule has 2 heterocycles.